The van der Waals surface area contributed by atoms with Gasteiger partial charge in [-0.15, -0.1) is 0 Å². The van der Waals surface area contributed by atoms with Gasteiger partial charge in [-0.05, 0) is 33.6 Å². The first-order chi connectivity index (χ1) is 8.35. The van der Waals surface area contributed by atoms with Crippen LogP contribution in [0.15, 0.2) is 0 Å². The van der Waals surface area contributed by atoms with Crippen molar-refractivity contribution in [3.05, 3.63) is 0 Å². The van der Waals surface area contributed by atoms with E-state index in [0.717, 1.165) is 12.8 Å². The standard InChI is InChI=1S/C13H24N2O3/c1-5-6-8-14-12(17)15-9-7-10(15)11(16)18-13(2,3)4/h10H,5-9H2,1-4H3,(H,14,17). The van der Waals surface area contributed by atoms with Crippen LogP contribution in [0.2, 0.25) is 0 Å². The van der Waals surface area contributed by atoms with Crippen molar-refractivity contribution < 1.29 is 14.3 Å². The Morgan fingerprint density at radius 2 is 2.06 bits per heavy atom. The fourth-order valence-corrected chi connectivity index (χ4v) is 1.72. The first-order valence-corrected chi connectivity index (χ1v) is 6.62. The van der Waals surface area contributed by atoms with Crippen LogP contribution in [0.25, 0.3) is 0 Å². The summed E-state index contributed by atoms with van der Waals surface area (Å²) >= 11 is 0. The Bertz CT molecular complexity index is 310. The van der Waals surface area contributed by atoms with Gasteiger partial charge in [0.15, 0.2) is 0 Å². The maximum atomic E-state index is 11.8. The first kappa shape index (κ1) is 14.8. The summed E-state index contributed by atoms with van der Waals surface area (Å²) in [6.07, 6.45) is 2.68. The summed E-state index contributed by atoms with van der Waals surface area (Å²) in [5.74, 6) is -0.306. The highest BCUT2D eigenvalue weighted by Gasteiger charge is 2.39. The SMILES string of the molecule is CCCCNC(=O)N1CCC1C(=O)OC(C)(C)C. The van der Waals surface area contributed by atoms with Crippen LogP contribution in [0.1, 0.15) is 47.0 Å². The van der Waals surface area contributed by atoms with Crippen LogP contribution in [-0.2, 0) is 9.53 Å². The normalized spacial score (nSPS) is 19.1. The van der Waals surface area contributed by atoms with Gasteiger partial charge < -0.3 is 15.0 Å². The Kier molecular flexibility index (Phi) is 4.99. The number of ether oxygens (including phenoxy) is 1. The van der Waals surface area contributed by atoms with E-state index >= 15 is 0 Å². The van der Waals surface area contributed by atoms with Gasteiger partial charge in [0.2, 0.25) is 0 Å². The Morgan fingerprint density at radius 3 is 2.50 bits per heavy atom. The van der Waals surface area contributed by atoms with E-state index in [1.807, 2.05) is 20.8 Å². The number of carbonyl (C=O) groups is 2. The molecule has 0 aliphatic carbocycles. The zero-order chi connectivity index (χ0) is 13.8. The smallest absolute Gasteiger partial charge is 0.329 e. The molecule has 1 N–H and O–H groups in total. The zero-order valence-corrected chi connectivity index (χ0v) is 11.8. The average molecular weight is 256 g/mol. The lowest BCUT2D eigenvalue weighted by Crippen LogP contribution is -2.59. The minimum absolute atomic E-state index is 0.162. The molecule has 104 valence electrons. The fourth-order valence-electron chi connectivity index (χ4n) is 1.72. The molecule has 0 radical (unpaired) electrons. The average Bonchev–Trinajstić information content (AvgIpc) is 2.12. The molecule has 0 aromatic heterocycles. The Labute approximate surface area is 109 Å². The predicted molar refractivity (Wildman–Crippen MR) is 69.3 cm³/mol. The van der Waals surface area contributed by atoms with Crippen molar-refractivity contribution in [3.63, 3.8) is 0 Å². The topological polar surface area (TPSA) is 58.6 Å². The Hall–Kier alpha value is -1.26. The number of esters is 1. The van der Waals surface area contributed by atoms with E-state index in [2.05, 4.69) is 12.2 Å². The van der Waals surface area contributed by atoms with Crippen LogP contribution in [0, 0.1) is 0 Å². The van der Waals surface area contributed by atoms with Gasteiger partial charge in [-0.1, -0.05) is 13.3 Å². The number of hydrogen-bond donors (Lipinski definition) is 1. The maximum absolute atomic E-state index is 11.8. The predicted octanol–water partition coefficient (Wildman–Crippen LogP) is 1.91. The van der Waals surface area contributed by atoms with Gasteiger partial charge in [0.25, 0.3) is 0 Å². The van der Waals surface area contributed by atoms with Crippen LogP contribution < -0.4 is 5.32 Å². The summed E-state index contributed by atoms with van der Waals surface area (Å²) in [6, 6.07) is -0.573. The number of nitrogens with one attached hydrogen (secondary N) is 1. The summed E-state index contributed by atoms with van der Waals surface area (Å²) in [7, 11) is 0. The maximum Gasteiger partial charge on any atom is 0.329 e. The number of unbranched alkanes of at least 4 members (excludes halogenated alkanes) is 1. The molecule has 0 bridgehead atoms. The van der Waals surface area contributed by atoms with Gasteiger partial charge in [0, 0.05) is 13.1 Å². The molecule has 0 saturated carbocycles. The first-order valence-electron chi connectivity index (χ1n) is 6.62. The molecule has 1 heterocycles. The molecular weight excluding hydrogens is 232 g/mol. The molecular formula is C13H24N2O3. The quantitative estimate of drug-likeness (QED) is 0.617. The van der Waals surface area contributed by atoms with Gasteiger partial charge in [-0.3, -0.25) is 0 Å². The second kappa shape index (κ2) is 6.07. The van der Waals surface area contributed by atoms with Crippen molar-refractivity contribution in [2.24, 2.45) is 0 Å². The number of nitrogens with zero attached hydrogens (tertiary/aromatic N) is 1. The number of rotatable bonds is 4. The second-order valence-corrected chi connectivity index (χ2v) is 5.62. The highest BCUT2D eigenvalue weighted by molar-refractivity contribution is 5.85. The summed E-state index contributed by atoms with van der Waals surface area (Å²) < 4.78 is 5.29. The van der Waals surface area contributed by atoms with Crippen LogP contribution in [0.5, 0.6) is 0 Å². The van der Waals surface area contributed by atoms with Crippen LogP contribution in [-0.4, -0.2) is 41.6 Å². The van der Waals surface area contributed by atoms with Crippen molar-refractivity contribution >= 4 is 12.0 Å². The van der Waals surface area contributed by atoms with Crippen molar-refractivity contribution in [2.45, 2.75) is 58.6 Å². The third-order valence-corrected chi connectivity index (χ3v) is 2.77. The summed E-state index contributed by atoms with van der Waals surface area (Å²) in [6.45, 7) is 8.84. The van der Waals surface area contributed by atoms with Crippen molar-refractivity contribution in [1.29, 1.82) is 0 Å². The molecule has 18 heavy (non-hydrogen) atoms. The molecule has 0 aromatic carbocycles. The Balaban J connectivity index is 2.40. The third kappa shape index (κ3) is 4.20. The van der Waals surface area contributed by atoms with E-state index in [4.69, 9.17) is 4.74 Å². The van der Waals surface area contributed by atoms with E-state index in [-0.39, 0.29) is 12.0 Å². The zero-order valence-electron chi connectivity index (χ0n) is 11.8. The largest absolute Gasteiger partial charge is 0.458 e. The van der Waals surface area contributed by atoms with Gasteiger partial charge >= 0.3 is 12.0 Å². The molecule has 1 saturated heterocycles. The van der Waals surface area contributed by atoms with Crippen molar-refractivity contribution in [1.82, 2.24) is 10.2 Å². The molecule has 5 nitrogen and oxygen atoms in total. The molecule has 0 spiro atoms. The van der Waals surface area contributed by atoms with Gasteiger partial charge in [0.05, 0.1) is 0 Å². The lowest BCUT2D eigenvalue weighted by molar-refractivity contribution is -0.164. The number of hydrogen-bond acceptors (Lipinski definition) is 3. The monoisotopic (exact) mass is 256 g/mol. The molecule has 1 unspecified atom stereocenters. The molecule has 1 aliphatic rings. The third-order valence-electron chi connectivity index (χ3n) is 2.77. The molecule has 0 aromatic rings. The molecule has 1 fully saturated rings. The van der Waals surface area contributed by atoms with Gasteiger partial charge in [0.1, 0.15) is 11.6 Å². The second-order valence-electron chi connectivity index (χ2n) is 5.62. The molecule has 1 atom stereocenters. The van der Waals surface area contributed by atoms with E-state index in [1.54, 1.807) is 4.90 Å². The molecule has 2 amide bonds. The van der Waals surface area contributed by atoms with E-state index < -0.39 is 11.6 Å². The molecule has 1 rings (SSSR count). The minimum Gasteiger partial charge on any atom is -0.458 e. The Morgan fingerprint density at radius 1 is 1.39 bits per heavy atom. The highest BCUT2D eigenvalue weighted by Crippen LogP contribution is 2.21. The van der Waals surface area contributed by atoms with E-state index in [0.29, 0.717) is 19.5 Å². The fraction of sp³-hybridized carbons (Fsp3) is 0.846. The molecule has 5 heteroatoms. The number of likely N-dealkylation sites (tertiary alicyclic amines) is 1. The van der Waals surface area contributed by atoms with Crippen LogP contribution in [0.3, 0.4) is 0 Å². The van der Waals surface area contributed by atoms with E-state index in [9.17, 15) is 9.59 Å². The lowest BCUT2D eigenvalue weighted by Gasteiger charge is -2.40. The minimum atomic E-state index is -0.503. The summed E-state index contributed by atoms with van der Waals surface area (Å²) in [5, 5.41) is 2.81. The van der Waals surface area contributed by atoms with Gasteiger partial charge in [-0.2, -0.15) is 0 Å². The number of carbonyl (C=O) groups excluding carboxylic acids is 2. The number of amides is 2. The lowest BCUT2D eigenvalue weighted by atomic mass is 10.0. The van der Waals surface area contributed by atoms with Crippen molar-refractivity contribution in [3.8, 4) is 0 Å². The number of urea groups is 1. The van der Waals surface area contributed by atoms with E-state index in [1.165, 1.54) is 0 Å². The summed E-state index contributed by atoms with van der Waals surface area (Å²) in [5.41, 5.74) is -0.503. The van der Waals surface area contributed by atoms with Gasteiger partial charge in [-0.25, -0.2) is 9.59 Å². The van der Waals surface area contributed by atoms with Crippen molar-refractivity contribution in [2.75, 3.05) is 13.1 Å². The molecule has 1 aliphatic heterocycles. The summed E-state index contributed by atoms with van der Waals surface area (Å²) in [4.78, 5) is 25.2. The van der Waals surface area contributed by atoms with Crippen LogP contribution >= 0.6 is 0 Å². The van der Waals surface area contributed by atoms with Crippen LogP contribution in [0.4, 0.5) is 4.79 Å². The highest BCUT2D eigenvalue weighted by atomic mass is 16.6.